The summed E-state index contributed by atoms with van der Waals surface area (Å²) in [5, 5.41) is 0. The molecule has 2 aliphatic rings. The molecule has 1 nitrogen and oxygen atoms in total. The SMILES string of the molecule is CC1=C(c2ccc(C(C)(C)C)cc2)[C@H]2CC(C(C)=[N+](C)C)=C[C@H]2[B-]1(c1c(F)c(F)c(F)c(F)c1F)c1c(F)c(F)c(F)c(F)c1F. The highest BCUT2D eigenvalue weighted by Gasteiger charge is 2.56. The fourth-order valence-electron chi connectivity index (χ4n) is 7.56. The molecule has 0 aromatic heterocycles. The lowest BCUT2D eigenvalue weighted by molar-refractivity contribution is -0.464. The van der Waals surface area contributed by atoms with Crippen LogP contribution in [0.1, 0.15) is 52.2 Å². The van der Waals surface area contributed by atoms with E-state index in [0.29, 0.717) is 16.8 Å². The lowest BCUT2D eigenvalue weighted by atomic mass is 9.11. The molecule has 0 bridgehead atoms. The number of hydrogen-bond donors (Lipinski definition) is 0. The van der Waals surface area contributed by atoms with Gasteiger partial charge >= 0.3 is 0 Å². The predicted octanol–water partition coefficient (Wildman–Crippen LogP) is 8.01. The van der Waals surface area contributed by atoms with E-state index in [9.17, 15) is 26.3 Å². The van der Waals surface area contributed by atoms with Gasteiger partial charge in [0.15, 0.2) is 40.6 Å². The molecule has 244 valence electrons. The second kappa shape index (κ2) is 11.2. The lowest BCUT2D eigenvalue weighted by Crippen LogP contribution is -2.66. The summed E-state index contributed by atoms with van der Waals surface area (Å²) < 4.78 is 154. The predicted molar refractivity (Wildman–Crippen MR) is 158 cm³/mol. The van der Waals surface area contributed by atoms with Crippen LogP contribution in [0.4, 0.5) is 43.9 Å². The van der Waals surface area contributed by atoms with E-state index in [1.54, 1.807) is 49.9 Å². The van der Waals surface area contributed by atoms with Crippen molar-refractivity contribution in [1.29, 1.82) is 0 Å². The Kier molecular flexibility index (Phi) is 8.13. The summed E-state index contributed by atoms with van der Waals surface area (Å²) >= 11 is 0. The molecule has 1 aliphatic carbocycles. The lowest BCUT2D eigenvalue weighted by Gasteiger charge is -2.45. The van der Waals surface area contributed by atoms with Crippen LogP contribution in [0.5, 0.6) is 0 Å². The van der Waals surface area contributed by atoms with Crippen LogP contribution in [0, 0.1) is 64.1 Å². The first-order valence-corrected chi connectivity index (χ1v) is 14.5. The number of halogens is 10. The normalized spacial score (nSPS) is 19.1. The molecule has 0 saturated carbocycles. The summed E-state index contributed by atoms with van der Waals surface area (Å²) in [4.78, 5) is 0. The number of fused-ring (bicyclic) bond motifs is 1. The fraction of sp³-hybridized carbons (Fsp3) is 0.324. The fourth-order valence-corrected chi connectivity index (χ4v) is 7.56. The summed E-state index contributed by atoms with van der Waals surface area (Å²) in [5.41, 5.74) is -1.22. The van der Waals surface area contributed by atoms with Gasteiger partial charge in [0.05, 0.1) is 6.15 Å². The third-order valence-electron chi connectivity index (χ3n) is 9.95. The van der Waals surface area contributed by atoms with Gasteiger partial charge in [-0.25, -0.2) is 54.0 Å². The van der Waals surface area contributed by atoms with E-state index in [1.807, 2.05) is 20.8 Å². The number of nitrogens with zero attached hydrogens (tertiary/aromatic N) is 1. The Bertz CT molecular complexity index is 1770. The van der Waals surface area contributed by atoms with Crippen LogP contribution in [0.15, 0.2) is 41.4 Å². The average Bonchev–Trinajstić information content (AvgIpc) is 3.53. The van der Waals surface area contributed by atoms with Crippen molar-refractivity contribution < 1.29 is 48.5 Å². The molecule has 0 radical (unpaired) electrons. The van der Waals surface area contributed by atoms with Crippen molar-refractivity contribution >= 4 is 28.4 Å². The molecule has 1 aliphatic heterocycles. The number of rotatable bonds is 4. The van der Waals surface area contributed by atoms with Crippen LogP contribution in [0.25, 0.3) is 5.57 Å². The van der Waals surface area contributed by atoms with Crippen LogP contribution in [-0.2, 0) is 5.41 Å². The van der Waals surface area contributed by atoms with Gasteiger partial charge in [0, 0.05) is 12.5 Å². The maximum Gasteiger partial charge on any atom is 0.200 e. The minimum Gasteiger partial charge on any atom is -0.239 e. The first-order valence-electron chi connectivity index (χ1n) is 14.5. The van der Waals surface area contributed by atoms with Gasteiger partial charge in [0.2, 0.25) is 0 Å². The summed E-state index contributed by atoms with van der Waals surface area (Å²) in [5.74, 6) is -26.8. The standard InChI is InChI=1S/C34H30BF10N/c1-14-21(16-8-10-18(11-9-16)34(3,4)5)19-12-17(15(2)46(6)7)13-20(19)35(14,22-24(36)28(40)32(44)29(41)25(22)37)23-26(38)30(42)33(45)31(43)27(23)39/h8-11,13,19-20H,12H2,1-7H3/t19-,20+/m0/s1. The van der Waals surface area contributed by atoms with E-state index < -0.39 is 87.0 Å². The maximum atomic E-state index is 16.0. The Hall–Kier alpha value is -3.83. The van der Waals surface area contributed by atoms with E-state index in [2.05, 4.69) is 0 Å². The van der Waals surface area contributed by atoms with E-state index in [0.717, 1.165) is 5.56 Å². The molecule has 12 heteroatoms. The number of allylic oxidation sites excluding steroid dienone is 4. The van der Waals surface area contributed by atoms with Gasteiger partial charge in [-0.2, -0.15) is 0 Å². The zero-order valence-corrected chi connectivity index (χ0v) is 26.1. The largest absolute Gasteiger partial charge is 0.239 e. The van der Waals surface area contributed by atoms with Crippen molar-refractivity contribution in [2.24, 2.45) is 5.92 Å². The van der Waals surface area contributed by atoms with Gasteiger partial charge < -0.3 is 0 Å². The van der Waals surface area contributed by atoms with Gasteiger partial charge in [-0.1, -0.05) is 57.5 Å². The third-order valence-corrected chi connectivity index (χ3v) is 9.95. The average molecular weight is 653 g/mol. The Morgan fingerprint density at radius 1 is 0.674 bits per heavy atom. The highest BCUT2D eigenvalue weighted by Crippen LogP contribution is 2.58. The second-order valence-electron chi connectivity index (χ2n) is 13.4. The van der Waals surface area contributed by atoms with E-state index in [1.165, 1.54) is 13.0 Å². The molecule has 0 N–H and O–H groups in total. The Balaban J connectivity index is 2.04. The first kappa shape index (κ1) is 33.5. The summed E-state index contributed by atoms with van der Waals surface area (Å²) in [6.45, 7) is 8.73. The van der Waals surface area contributed by atoms with Crippen molar-refractivity contribution in [2.45, 2.75) is 52.3 Å². The van der Waals surface area contributed by atoms with Crippen LogP contribution < -0.4 is 10.9 Å². The zero-order valence-electron chi connectivity index (χ0n) is 26.1. The van der Waals surface area contributed by atoms with Gasteiger partial charge in [-0.3, -0.25) is 0 Å². The van der Waals surface area contributed by atoms with Gasteiger partial charge in [0.1, 0.15) is 37.4 Å². The zero-order chi connectivity index (χ0) is 34.4. The highest BCUT2D eigenvalue weighted by atomic mass is 19.2. The smallest absolute Gasteiger partial charge is 0.200 e. The van der Waals surface area contributed by atoms with Gasteiger partial charge in [-0.15, -0.1) is 22.8 Å². The van der Waals surface area contributed by atoms with E-state index in [-0.39, 0.29) is 22.9 Å². The molecular formula is C34H30BF10N. The topological polar surface area (TPSA) is 3.01 Å². The molecule has 2 atom stereocenters. The molecule has 0 amide bonds. The first-order chi connectivity index (χ1) is 21.3. The van der Waals surface area contributed by atoms with Crippen LogP contribution in [0.2, 0.25) is 5.82 Å². The van der Waals surface area contributed by atoms with Crippen molar-refractivity contribution in [3.05, 3.63) is 111 Å². The van der Waals surface area contributed by atoms with Crippen molar-refractivity contribution in [1.82, 2.24) is 0 Å². The van der Waals surface area contributed by atoms with Crippen LogP contribution in [0.3, 0.4) is 0 Å². The molecule has 0 saturated heterocycles. The molecule has 5 rings (SSSR count). The van der Waals surface area contributed by atoms with Crippen molar-refractivity contribution in [3.63, 3.8) is 0 Å². The minimum atomic E-state index is -4.12. The highest BCUT2D eigenvalue weighted by molar-refractivity contribution is 7.10. The molecule has 0 unspecified atom stereocenters. The maximum absolute atomic E-state index is 16.0. The molecule has 3 aromatic carbocycles. The summed E-state index contributed by atoms with van der Waals surface area (Å²) in [6, 6.07) is 6.82. The van der Waals surface area contributed by atoms with Crippen LogP contribution in [-0.4, -0.2) is 30.5 Å². The second-order valence-corrected chi connectivity index (χ2v) is 13.4. The summed E-state index contributed by atoms with van der Waals surface area (Å²) in [7, 11) is 3.37. The quantitative estimate of drug-likeness (QED) is 0.0671. The van der Waals surface area contributed by atoms with E-state index >= 15 is 17.6 Å². The molecule has 1 heterocycles. The minimum absolute atomic E-state index is 0.0800. The Morgan fingerprint density at radius 3 is 1.43 bits per heavy atom. The molecule has 0 spiro atoms. The number of hydrogen-bond acceptors (Lipinski definition) is 0. The third kappa shape index (κ3) is 4.57. The molecule has 3 aromatic rings. The monoisotopic (exact) mass is 653 g/mol. The van der Waals surface area contributed by atoms with Crippen molar-refractivity contribution in [2.75, 3.05) is 14.1 Å². The Labute approximate surface area is 259 Å². The molecule has 0 fully saturated rings. The summed E-state index contributed by atoms with van der Waals surface area (Å²) in [6.07, 6.45) is -2.64. The van der Waals surface area contributed by atoms with Crippen molar-refractivity contribution in [3.8, 4) is 0 Å². The van der Waals surface area contributed by atoms with E-state index in [4.69, 9.17) is 0 Å². The molecular weight excluding hydrogens is 623 g/mol. The molecule has 46 heavy (non-hydrogen) atoms. The van der Waals surface area contributed by atoms with Crippen LogP contribution >= 0.6 is 0 Å². The van der Waals surface area contributed by atoms with Gasteiger partial charge in [0.25, 0.3) is 0 Å². The Morgan fingerprint density at radius 2 is 1.07 bits per heavy atom. The number of benzene rings is 3. The van der Waals surface area contributed by atoms with Gasteiger partial charge in [-0.05, 0) is 28.9 Å².